The zero-order chi connectivity index (χ0) is 14.4. The molecule has 1 atom stereocenters. The van der Waals surface area contributed by atoms with Gasteiger partial charge in [0.1, 0.15) is 5.75 Å². The molecule has 1 aliphatic rings. The number of primary amides is 1. The zero-order valence-corrected chi connectivity index (χ0v) is 11.2. The number of carbonyl (C=O) groups excluding carboxylic acids is 2. The minimum Gasteiger partial charge on any atom is -0.493 e. The van der Waals surface area contributed by atoms with E-state index in [-0.39, 0.29) is 24.4 Å². The predicted octanol–water partition coefficient (Wildman–Crippen LogP) is 1.07. The van der Waals surface area contributed by atoms with Crippen LogP contribution in [0, 0.1) is 0 Å². The molecule has 6 heteroatoms. The van der Waals surface area contributed by atoms with E-state index in [1.54, 1.807) is 0 Å². The van der Waals surface area contributed by atoms with Gasteiger partial charge in [0.25, 0.3) is 0 Å². The van der Waals surface area contributed by atoms with Crippen molar-refractivity contribution in [1.29, 1.82) is 0 Å². The summed E-state index contributed by atoms with van der Waals surface area (Å²) in [5.41, 5.74) is 6.02. The van der Waals surface area contributed by atoms with Crippen LogP contribution in [0.1, 0.15) is 30.9 Å². The molecule has 1 heterocycles. The third-order valence-electron chi connectivity index (χ3n) is 3.15. The molecule has 0 aromatic heterocycles. The van der Waals surface area contributed by atoms with Crippen LogP contribution < -0.4 is 21.1 Å². The van der Waals surface area contributed by atoms with Crippen molar-refractivity contribution in [1.82, 2.24) is 10.6 Å². The number of para-hydroxylation sites is 1. The number of amides is 3. The van der Waals surface area contributed by atoms with Crippen LogP contribution in [0.15, 0.2) is 24.3 Å². The summed E-state index contributed by atoms with van der Waals surface area (Å²) in [7, 11) is 0. The quantitative estimate of drug-likeness (QED) is 0.703. The molecule has 108 valence electrons. The molecule has 20 heavy (non-hydrogen) atoms. The highest BCUT2D eigenvalue weighted by atomic mass is 16.5. The van der Waals surface area contributed by atoms with E-state index in [9.17, 15) is 9.59 Å². The average molecular weight is 277 g/mol. The predicted molar refractivity (Wildman–Crippen MR) is 74.3 cm³/mol. The molecule has 0 unspecified atom stereocenters. The Labute approximate surface area is 117 Å². The minimum absolute atomic E-state index is 0.0453. The van der Waals surface area contributed by atoms with Crippen molar-refractivity contribution in [2.75, 3.05) is 13.2 Å². The van der Waals surface area contributed by atoms with Gasteiger partial charge in [-0.15, -0.1) is 0 Å². The molecule has 0 bridgehead atoms. The summed E-state index contributed by atoms with van der Waals surface area (Å²) in [6.45, 7) is 1.02. The number of urea groups is 1. The van der Waals surface area contributed by atoms with Crippen LogP contribution in [-0.2, 0) is 4.79 Å². The second-order valence-electron chi connectivity index (χ2n) is 4.70. The van der Waals surface area contributed by atoms with E-state index in [4.69, 9.17) is 10.5 Å². The summed E-state index contributed by atoms with van der Waals surface area (Å²) in [5, 5.41) is 5.63. The van der Waals surface area contributed by atoms with E-state index in [2.05, 4.69) is 10.6 Å². The molecule has 6 nitrogen and oxygen atoms in total. The van der Waals surface area contributed by atoms with Crippen molar-refractivity contribution in [2.24, 2.45) is 5.73 Å². The first kappa shape index (κ1) is 14.2. The van der Waals surface area contributed by atoms with Crippen LogP contribution in [0.3, 0.4) is 0 Å². The highest BCUT2D eigenvalue weighted by Gasteiger charge is 2.22. The third-order valence-corrected chi connectivity index (χ3v) is 3.15. The SMILES string of the molecule is NC(=O)CCCNC(=O)N[C@@H]1CCOc2ccccc21. The monoisotopic (exact) mass is 277 g/mol. The van der Waals surface area contributed by atoms with E-state index in [1.165, 1.54) is 0 Å². The third kappa shape index (κ3) is 3.88. The van der Waals surface area contributed by atoms with Crippen molar-refractivity contribution in [3.8, 4) is 5.75 Å². The number of fused-ring (bicyclic) bond motifs is 1. The molecule has 1 aromatic rings. The summed E-state index contributed by atoms with van der Waals surface area (Å²) in [6.07, 6.45) is 1.57. The average Bonchev–Trinajstić information content (AvgIpc) is 2.44. The van der Waals surface area contributed by atoms with Gasteiger partial charge in [0.15, 0.2) is 0 Å². The standard InChI is InChI=1S/C14H19N3O3/c15-13(18)6-3-8-16-14(19)17-11-7-9-20-12-5-2-1-4-10(11)12/h1-2,4-5,11H,3,6-9H2,(H2,15,18)(H2,16,17,19)/t11-/m1/s1. The lowest BCUT2D eigenvalue weighted by Gasteiger charge is -2.26. The van der Waals surface area contributed by atoms with E-state index in [1.807, 2.05) is 24.3 Å². The zero-order valence-electron chi connectivity index (χ0n) is 11.2. The first-order valence-electron chi connectivity index (χ1n) is 6.71. The number of hydrogen-bond acceptors (Lipinski definition) is 3. The van der Waals surface area contributed by atoms with Crippen molar-refractivity contribution < 1.29 is 14.3 Å². The fraction of sp³-hybridized carbons (Fsp3) is 0.429. The van der Waals surface area contributed by atoms with E-state index in [0.717, 1.165) is 17.7 Å². The van der Waals surface area contributed by atoms with Gasteiger partial charge in [-0.05, 0) is 12.5 Å². The summed E-state index contributed by atoms with van der Waals surface area (Å²) in [4.78, 5) is 22.4. The van der Waals surface area contributed by atoms with Crippen LogP contribution >= 0.6 is 0 Å². The molecule has 0 fully saturated rings. The molecule has 0 saturated heterocycles. The fourth-order valence-electron chi connectivity index (χ4n) is 2.17. The number of rotatable bonds is 5. The second kappa shape index (κ2) is 6.79. The van der Waals surface area contributed by atoms with Gasteiger partial charge in [-0.25, -0.2) is 4.79 Å². The first-order chi connectivity index (χ1) is 9.66. The Kier molecular flexibility index (Phi) is 4.81. The summed E-state index contributed by atoms with van der Waals surface area (Å²) in [6, 6.07) is 7.39. The van der Waals surface area contributed by atoms with Gasteiger partial charge in [-0.3, -0.25) is 4.79 Å². The lowest BCUT2D eigenvalue weighted by Crippen LogP contribution is -2.40. The number of nitrogens with one attached hydrogen (secondary N) is 2. The Balaban J connectivity index is 1.82. The van der Waals surface area contributed by atoms with Crippen LogP contribution in [0.25, 0.3) is 0 Å². The molecule has 0 aliphatic carbocycles. The smallest absolute Gasteiger partial charge is 0.315 e. The maximum atomic E-state index is 11.8. The maximum absolute atomic E-state index is 11.8. The van der Waals surface area contributed by atoms with Crippen LogP contribution in [0.5, 0.6) is 5.75 Å². The van der Waals surface area contributed by atoms with Gasteiger partial charge in [-0.1, -0.05) is 18.2 Å². The molecular weight excluding hydrogens is 258 g/mol. The van der Waals surface area contributed by atoms with Crippen molar-refractivity contribution >= 4 is 11.9 Å². The number of nitrogens with two attached hydrogens (primary N) is 1. The van der Waals surface area contributed by atoms with Gasteiger partial charge in [-0.2, -0.15) is 0 Å². The Morgan fingerprint density at radius 3 is 2.95 bits per heavy atom. The van der Waals surface area contributed by atoms with Crippen molar-refractivity contribution in [2.45, 2.75) is 25.3 Å². The summed E-state index contributed by atoms with van der Waals surface area (Å²) >= 11 is 0. The van der Waals surface area contributed by atoms with Crippen molar-refractivity contribution in [3.63, 3.8) is 0 Å². The second-order valence-corrected chi connectivity index (χ2v) is 4.70. The first-order valence-corrected chi connectivity index (χ1v) is 6.71. The highest BCUT2D eigenvalue weighted by molar-refractivity contribution is 5.75. The van der Waals surface area contributed by atoms with Crippen molar-refractivity contribution in [3.05, 3.63) is 29.8 Å². The largest absolute Gasteiger partial charge is 0.493 e. The minimum atomic E-state index is -0.356. The van der Waals surface area contributed by atoms with E-state index in [0.29, 0.717) is 19.6 Å². The number of carbonyl (C=O) groups is 2. The molecule has 0 radical (unpaired) electrons. The topological polar surface area (TPSA) is 93.5 Å². The lowest BCUT2D eigenvalue weighted by atomic mass is 10.0. The molecule has 4 N–H and O–H groups in total. The van der Waals surface area contributed by atoms with Crippen LogP contribution in [0.2, 0.25) is 0 Å². The summed E-state index contributed by atoms with van der Waals surface area (Å²) < 4.78 is 5.54. The number of ether oxygens (including phenoxy) is 1. The number of benzene rings is 1. The normalized spacial score (nSPS) is 16.7. The number of hydrogen-bond donors (Lipinski definition) is 3. The Morgan fingerprint density at radius 1 is 1.35 bits per heavy atom. The molecule has 0 spiro atoms. The van der Waals surface area contributed by atoms with Gasteiger partial charge in [0.2, 0.25) is 5.91 Å². The molecule has 0 saturated carbocycles. The Morgan fingerprint density at radius 2 is 2.15 bits per heavy atom. The molecule has 3 amide bonds. The highest BCUT2D eigenvalue weighted by Crippen LogP contribution is 2.31. The Bertz CT molecular complexity index is 490. The fourth-order valence-corrected chi connectivity index (χ4v) is 2.17. The Hall–Kier alpha value is -2.24. The molecular formula is C14H19N3O3. The lowest BCUT2D eigenvalue weighted by molar-refractivity contribution is -0.118. The maximum Gasteiger partial charge on any atom is 0.315 e. The van der Waals surface area contributed by atoms with Crippen LogP contribution in [-0.4, -0.2) is 25.1 Å². The van der Waals surface area contributed by atoms with Gasteiger partial charge < -0.3 is 21.1 Å². The summed E-state index contributed by atoms with van der Waals surface area (Å²) in [5.74, 6) is 0.461. The van der Waals surface area contributed by atoms with Gasteiger partial charge in [0.05, 0.1) is 12.6 Å². The van der Waals surface area contributed by atoms with Crippen LogP contribution in [0.4, 0.5) is 4.79 Å². The molecule has 1 aliphatic heterocycles. The van der Waals surface area contributed by atoms with E-state index < -0.39 is 0 Å². The van der Waals surface area contributed by atoms with Gasteiger partial charge in [0, 0.05) is 24.9 Å². The van der Waals surface area contributed by atoms with Gasteiger partial charge >= 0.3 is 6.03 Å². The van der Waals surface area contributed by atoms with E-state index >= 15 is 0 Å². The molecule has 2 rings (SSSR count). The molecule has 1 aromatic carbocycles.